The predicted molar refractivity (Wildman–Crippen MR) is 87.0 cm³/mol. The van der Waals surface area contributed by atoms with Gasteiger partial charge in [0, 0.05) is 31.4 Å². The third-order valence-corrected chi connectivity index (χ3v) is 3.83. The Morgan fingerprint density at radius 2 is 2.09 bits per heavy atom. The van der Waals surface area contributed by atoms with Crippen LogP contribution < -0.4 is 10.2 Å². The van der Waals surface area contributed by atoms with Gasteiger partial charge in [-0.25, -0.2) is 15.0 Å². The van der Waals surface area contributed by atoms with Crippen LogP contribution in [0.4, 0.5) is 11.6 Å². The van der Waals surface area contributed by atoms with Gasteiger partial charge in [0.05, 0.1) is 11.9 Å². The molecule has 0 aliphatic carbocycles. The molecule has 0 fully saturated rings. The quantitative estimate of drug-likeness (QED) is 0.758. The number of aromatic nitrogens is 6. The molecule has 3 aromatic rings. The summed E-state index contributed by atoms with van der Waals surface area (Å²) in [6.45, 7) is 4.86. The van der Waals surface area contributed by atoms with E-state index in [1.54, 1.807) is 12.4 Å². The second-order valence-corrected chi connectivity index (χ2v) is 5.20. The fourth-order valence-electron chi connectivity index (χ4n) is 2.60. The predicted octanol–water partition coefficient (Wildman–Crippen LogP) is 1.58. The van der Waals surface area contributed by atoms with E-state index in [4.69, 9.17) is 4.98 Å². The summed E-state index contributed by atoms with van der Waals surface area (Å²) in [7, 11) is 0. The van der Waals surface area contributed by atoms with Crippen molar-refractivity contribution in [3.63, 3.8) is 0 Å². The van der Waals surface area contributed by atoms with Crippen molar-refractivity contribution in [1.29, 1.82) is 0 Å². The number of hydrogen-bond donors (Lipinski definition) is 2. The fourth-order valence-corrected chi connectivity index (χ4v) is 2.60. The zero-order valence-corrected chi connectivity index (χ0v) is 12.7. The Balaban J connectivity index is 1.68. The number of H-pyrrole nitrogens is 1. The molecule has 3 aromatic heterocycles. The van der Waals surface area contributed by atoms with Crippen molar-refractivity contribution in [2.75, 3.05) is 29.9 Å². The number of nitrogens with one attached hydrogen (secondary N) is 2. The first-order chi connectivity index (χ1) is 11.3. The van der Waals surface area contributed by atoms with Gasteiger partial charge in [-0.15, -0.1) is 0 Å². The molecule has 2 N–H and O–H groups in total. The van der Waals surface area contributed by atoms with Crippen LogP contribution in [0.25, 0.3) is 22.8 Å². The van der Waals surface area contributed by atoms with Crippen LogP contribution in [0.5, 0.6) is 0 Å². The fraction of sp³-hybridized carbons (Fsp3) is 0.267. The van der Waals surface area contributed by atoms with E-state index in [1.165, 1.54) is 6.33 Å². The maximum atomic E-state index is 4.75. The molecular weight excluding hydrogens is 292 g/mol. The van der Waals surface area contributed by atoms with E-state index in [0.717, 1.165) is 48.2 Å². The molecule has 0 saturated heterocycles. The molecule has 0 amide bonds. The first-order valence-electron chi connectivity index (χ1n) is 7.53. The van der Waals surface area contributed by atoms with Crippen LogP contribution in [-0.2, 0) is 0 Å². The van der Waals surface area contributed by atoms with Crippen LogP contribution in [-0.4, -0.2) is 49.8 Å². The number of anilines is 2. The lowest BCUT2D eigenvalue weighted by Crippen LogP contribution is -2.35. The summed E-state index contributed by atoms with van der Waals surface area (Å²) in [5.41, 5.74) is 2.47. The van der Waals surface area contributed by atoms with E-state index in [9.17, 15) is 0 Å². The molecule has 0 atom stereocenters. The van der Waals surface area contributed by atoms with Gasteiger partial charge >= 0.3 is 0 Å². The van der Waals surface area contributed by atoms with Gasteiger partial charge in [0.1, 0.15) is 12.0 Å². The van der Waals surface area contributed by atoms with E-state index < -0.39 is 0 Å². The van der Waals surface area contributed by atoms with E-state index >= 15 is 0 Å². The minimum atomic E-state index is 0.648. The molecule has 0 radical (unpaired) electrons. The van der Waals surface area contributed by atoms with Gasteiger partial charge in [0.2, 0.25) is 0 Å². The van der Waals surface area contributed by atoms with Crippen LogP contribution in [0.3, 0.4) is 0 Å². The lowest BCUT2D eigenvalue weighted by atomic mass is 10.2. The SMILES string of the molecule is CCN1CCNc2ncc(-c3ccc(-c4ncn[nH]4)nc3)nc21. The Morgan fingerprint density at radius 1 is 1.13 bits per heavy atom. The largest absolute Gasteiger partial charge is 0.365 e. The normalized spacial score (nSPS) is 13.5. The highest BCUT2D eigenvalue weighted by Gasteiger charge is 2.18. The number of nitrogens with zero attached hydrogens (tertiary/aromatic N) is 6. The van der Waals surface area contributed by atoms with Crippen LogP contribution in [0.2, 0.25) is 0 Å². The second kappa shape index (κ2) is 5.64. The molecule has 0 aromatic carbocycles. The van der Waals surface area contributed by atoms with Crippen molar-refractivity contribution >= 4 is 11.6 Å². The smallest absolute Gasteiger partial charge is 0.174 e. The maximum absolute atomic E-state index is 4.75. The van der Waals surface area contributed by atoms with Gasteiger partial charge in [0.15, 0.2) is 17.5 Å². The molecule has 8 nitrogen and oxygen atoms in total. The molecule has 23 heavy (non-hydrogen) atoms. The summed E-state index contributed by atoms with van der Waals surface area (Å²) in [5.74, 6) is 2.39. The van der Waals surface area contributed by atoms with Crippen molar-refractivity contribution in [2.45, 2.75) is 6.92 Å². The topological polar surface area (TPSA) is 95.5 Å². The minimum Gasteiger partial charge on any atom is -0.365 e. The van der Waals surface area contributed by atoms with Crippen molar-refractivity contribution in [3.05, 3.63) is 30.9 Å². The zero-order chi connectivity index (χ0) is 15.6. The zero-order valence-electron chi connectivity index (χ0n) is 12.7. The van der Waals surface area contributed by atoms with Gasteiger partial charge in [-0.05, 0) is 19.1 Å². The average molecular weight is 308 g/mol. The summed E-state index contributed by atoms with van der Waals surface area (Å²) in [6.07, 6.45) is 5.02. The van der Waals surface area contributed by atoms with Gasteiger partial charge in [-0.2, -0.15) is 5.10 Å². The third-order valence-electron chi connectivity index (χ3n) is 3.83. The van der Waals surface area contributed by atoms with Crippen LogP contribution in [0, 0.1) is 0 Å². The van der Waals surface area contributed by atoms with Crippen molar-refractivity contribution < 1.29 is 0 Å². The molecule has 0 bridgehead atoms. The van der Waals surface area contributed by atoms with E-state index in [1.807, 2.05) is 12.1 Å². The molecule has 1 aliphatic rings. The van der Waals surface area contributed by atoms with Crippen LogP contribution in [0.15, 0.2) is 30.9 Å². The third kappa shape index (κ3) is 2.48. The van der Waals surface area contributed by atoms with Gasteiger partial charge < -0.3 is 10.2 Å². The lowest BCUT2D eigenvalue weighted by Gasteiger charge is -2.29. The molecule has 0 saturated carbocycles. The monoisotopic (exact) mass is 308 g/mol. The summed E-state index contributed by atoms with van der Waals surface area (Å²) in [4.78, 5) is 20.0. The highest BCUT2D eigenvalue weighted by Crippen LogP contribution is 2.28. The summed E-state index contributed by atoms with van der Waals surface area (Å²) >= 11 is 0. The van der Waals surface area contributed by atoms with Gasteiger partial charge in [-0.1, -0.05) is 0 Å². The Labute approximate surface area is 133 Å². The lowest BCUT2D eigenvalue weighted by molar-refractivity contribution is 0.788. The first kappa shape index (κ1) is 13.6. The maximum Gasteiger partial charge on any atom is 0.174 e. The Kier molecular flexibility index (Phi) is 3.34. The highest BCUT2D eigenvalue weighted by molar-refractivity contribution is 5.69. The molecule has 4 rings (SSSR count). The Hall–Kier alpha value is -3.03. The number of aromatic amines is 1. The molecule has 4 heterocycles. The minimum absolute atomic E-state index is 0.648. The standard InChI is InChI=1S/C15H16N8/c1-2-23-6-5-16-14-15(23)21-12(8-18-14)10-3-4-11(17-7-10)13-19-9-20-22-13/h3-4,7-9H,2,5-6H2,1H3,(H,16,18)(H,19,20,22). The van der Waals surface area contributed by atoms with Crippen LogP contribution in [0.1, 0.15) is 6.92 Å². The first-order valence-corrected chi connectivity index (χ1v) is 7.53. The molecule has 116 valence electrons. The summed E-state index contributed by atoms with van der Waals surface area (Å²) in [5, 5.41) is 9.92. The van der Waals surface area contributed by atoms with E-state index in [0.29, 0.717) is 5.82 Å². The molecule has 8 heteroatoms. The van der Waals surface area contributed by atoms with Crippen molar-refractivity contribution in [2.24, 2.45) is 0 Å². The number of hydrogen-bond acceptors (Lipinski definition) is 7. The molecular formula is C15H16N8. The number of rotatable bonds is 3. The highest BCUT2D eigenvalue weighted by atomic mass is 15.3. The molecule has 0 unspecified atom stereocenters. The van der Waals surface area contributed by atoms with Gasteiger partial charge in [-0.3, -0.25) is 10.1 Å². The molecule has 1 aliphatic heterocycles. The van der Waals surface area contributed by atoms with Crippen molar-refractivity contribution in [3.8, 4) is 22.8 Å². The number of pyridine rings is 1. The van der Waals surface area contributed by atoms with E-state index in [-0.39, 0.29) is 0 Å². The summed E-state index contributed by atoms with van der Waals surface area (Å²) < 4.78 is 0. The average Bonchev–Trinajstić information content (AvgIpc) is 3.15. The van der Waals surface area contributed by atoms with Gasteiger partial charge in [0.25, 0.3) is 0 Å². The Bertz CT molecular complexity index is 797. The second-order valence-electron chi connectivity index (χ2n) is 5.20. The van der Waals surface area contributed by atoms with Crippen LogP contribution >= 0.6 is 0 Å². The summed E-state index contributed by atoms with van der Waals surface area (Å²) in [6, 6.07) is 3.86. The molecule has 0 spiro atoms. The number of fused-ring (bicyclic) bond motifs is 1. The van der Waals surface area contributed by atoms with E-state index in [2.05, 4.69) is 42.3 Å². The Morgan fingerprint density at radius 3 is 2.83 bits per heavy atom. The van der Waals surface area contributed by atoms with Crippen molar-refractivity contribution in [1.82, 2.24) is 30.1 Å². The number of likely N-dealkylation sites (N-methyl/N-ethyl adjacent to an activating group) is 1.